The van der Waals surface area contributed by atoms with Gasteiger partial charge in [-0.3, -0.25) is 0 Å². The SMILES string of the molecule is Cc1ncc(Oc2c(F)cc(CO)cc2F)cn1. The predicted octanol–water partition coefficient (Wildman–Crippen LogP) is 2.35. The van der Waals surface area contributed by atoms with Crippen LogP contribution in [-0.2, 0) is 6.61 Å². The predicted molar refractivity (Wildman–Crippen MR) is 59.1 cm³/mol. The highest BCUT2D eigenvalue weighted by Crippen LogP contribution is 2.27. The van der Waals surface area contributed by atoms with Crippen LogP contribution in [0.25, 0.3) is 0 Å². The molecule has 94 valence electrons. The van der Waals surface area contributed by atoms with E-state index in [9.17, 15) is 8.78 Å². The zero-order valence-electron chi connectivity index (χ0n) is 9.52. The summed E-state index contributed by atoms with van der Waals surface area (Å²) in [6.07, 6.45) is 2.64. The van der Waals surface area contributed by atoms with Crippen molar-refractivity contribution in [2.45, 2.75) is 13.5 Å². The van der Waals surface area contributed by atoms with E-state index in [0.717, 1.165) is 12.1 Å². The minimum absolute atomic E-state index is 0.134. The monoisotopic (exact) mass is 252 g/mol. The second-order valence-electron chi connectivity index (χ2n) is 3.61. The first-order valence-corrected chi connectivity index (χ1v) is 5.15. The van der Waals surface area contributed by atoms with Gasteiger partial charge in [0.25, 0.3) is 0 Å². The van der Waals surface area contributed by atoms with Gasteiger partial charge in [0.05, 0.1) is 19.0 Å². The summed E-state index contributed by atoms with van der Waals surface area (Å²) in [6, 6.07) is 2.01. The number of hydrogen-bond acceptors (Lipinski definition) is 4. The van der Waals surface area contributed by atoms with Crippen molar-refractivity contribution in [2.24, 2.45) is 0 Å². The molecule has 0 spiro atoms. The van der Waals surface area contributed by atoms with Crippen LogP contribution in [-0.4, -0.2) is 15.1 Å². The summed E-state index contributed by atoms with van der Waals surface area (Å²) in [6.45, 7) is 1.24. The van der Waals surface area contributed by atoms with Gasteiger partial charge in [-0.1, -0.05) is 0 Å². The smallest absolute Gasteiger partial charge is 0.198 e. The van der Waals surface area contributed by atoms with Crippen LogP contribution in [0.15, 0.2) is 24.5 Å². The van der Waals surface area contributed by atoms with Gasteiger partial charge in [-0.05, 0) is 24.6 Å². The molecule has 0 aliphatic heterocycles. The van der Waals surface area contributed by atoms with Crippen LogP contribution in [0.3, 0.4) is 0 Å². The minimum atomic E-state index is -0.889. The van der Waals surface area contributed by atoms with Gasteiger partial charge < -0.3 is 9.84 Å². The molecule has 0 fully saturated rings. The molecule has 0 saturated carbocycles. The summed E-state index contributed by atoms with van der Waals surface area (Å²) in [7, 11) is 0. The van der Waals surface area contributed by atoms with Gasteiger partial charge in [-0.15, -0.1) is 0 Å². The van der Waals surface area contributed by atoms with Crippen LogP contribution in [0.2, 0.25) is 0 Å². The fraction of sp³-hybridized carbons (Fsp3) is 0.167. The molecule has 0 amide bonds. The van der Waals surface area contributed by atoms with Crippen molar-refractivity contribution in [2.75, 3.05) is 0 Å². The van der Waals surface area contributed by atoms with Gasteiger partial charge in [0, 0.05) is 0 Å². The third-order valence-corrected chi connectivity index (χ3v) is 2.22. The average Bonchev–Trinajstić information content (AvgIpc) is 2.35. The number of benzene rings is 1. The van der Waals surface area contributed by atoms with Gasteiger partial charge in [0.1, 0.15) is 5.82 Å². The van der Waals surface area contributed by atoms with Crippen LogP contribution < -0.4 is 4.74 Å². The molecule has 1 N–H and O–H groups in total. The largest absolute Gasteiger partial charge is 0.448 e. The highest BCUT2D eigenvalue weighted by Gasteiger charge is 2.13. The molecule has 0 radical (unpaired) electrons. The average molecular weight is 252 g/mol. The number of aliphatic hydroxyl groups excluding tert-OH is 1. The topological polar surface area (TPSA) is 55.2 Å². The second kappa shape index (κ2) is 5.05. The van der Waals surface area contributed by atoms with E-state index >= 15 is 0 Å². The Kier molecular flexibility index (Phi) is 3.47. The molecule has 2 aromatic rings. The second-order valence-corrected chi connectivity index (χ2v) is 3.61. The normalized spacial score (nSPS) is 10.4. The van der Waals surface area contributed by atoms with Gasteiger partial charge in [0.15, 0.2) is 23.1 Å². The lowest BCUT2D eigenvalue weighted by molar-refractivity contribution is 0.279. The summed E-state index contributed by atoms with van der Waals surface area (Å²) in [5.74, 6) is -1.66. The van der Waals surface area contributed by atoms with E-state index in [1.165, 1.54) is 12.4 Å². The molecule has 6 heteroatoms. The molecule has 0 atom stereocenters. The fourth-order valence-corrected chi connectivity index (χ4v) is 1.35. The highest BCUT2D eigenvalue weighted by atomic mass is 19.1. The lowest BCUT2D eigenvalue weighted by atomic mass is 10.2. The number of ether oxygens (including phenoxy) is 1. The third kappa shape index (κ3) is 2.60. The zero-order valence-corrected chi connectivity index (χ0v) is 9.52. The number of halogens is 2. The van der Waals surface area contributed by atoms with E-state index in [1.807, 2.05) is 0 Å². The Morgan fingerprint density at radius 1 is 1.17 bits per heavy atom. The Hall–Kier alpha value is -2.08. The van der Waals surface area contributed by atoms with Crippen molar-refractivity contribution < 1.29 is 18.6 Å². The number of hydrogen-bond donors (Lipinski definition) is 1. The summed E-state index contributed by atoms with van der Waals surface area (Å²) < 4.78 is 32.1. The quantitative estimate of drug-likeness (QED) is 0.911. The summed E-state index contributed by atoms with van der Waals surface area (Å²) in [4.78, 5) is 7.69. The van der Waals surface area contributed by atoms with Crippen LogP contribution in [0.1, 0.15) is 11.4 Å². The van der Waals surface area contributed by atoms with E-state index in [2.05, 4.69) is 9.97 Å². The minimum Gasteiger partial charge on any atom is -0.448 e. The van der Waals surface area contributed by atoms with Crippen molar-refractivity contribution in [3.8, 4) is 11.5 Å². The number of aliphatic hydroxyl groups is 1. The number of aryl methyl sites for hydroxylation is 1. The van der Waals surface area contributed by atoms with E-state index in [1.54, 1.807) is 6.92 Å². The standard InChI is InChI=1S/C12H10F2N2O2/c1-7-15-4-9(5-16-7)18-12-10(13)2-8(6-17)3-11(12)14/h2-5,17H,6H2,1H3. The van der Waals surface area contributed by atoms with Crippen LogP contribution in [0.5, 0.6) is 11.5 Å². The van der Waals surface area contributed by atoms with Gasteiger partial charge in [0.2, 0.25) is 0 Å². The maximum absolute atomic E-state index is 13.5. The van der Waals surface area contributed by atoms with Crippen molar-refractivity contribution in [3.05, 3.63) is 47.5 Å². The van der Waals surface area contributed by atoms with E-state index in [-0.39, 0.29) is 11.3 Å². The molecule has 1 aromatic carbocycles. The van der Waals surface area contributed by atoms with Crippen LogP contribution in [0.4, 0.5) is 8.78 Å². The Morgan fingerprint density at radius 3 is 2.22 bits per heavy atom. The van der Waals surface area contributed by atoms with Crippen LogP contribution in [0, 0.1) is 18.6 Å². The zero-order chi connectivity index (χ0) is 13.1. The number of nitrogens with zero attached hydrogens (tertiary/aromatic N) is 2. The molecule has 1 heterocycles. The van der Waals surface area contributed by atoms with Gasteiger partial charge in [-0.25, -0.2) is 18.7 Å². The van der Waals surface area contributed by atoms with E-state index < -0.39 is 24.0 Å². The molecule has 1 aromatic heterocycles. The molecule has 0 aliphatic carbocycles. The van der Waals surface area contributed by atoms with Crippen molar-refractivity contribution in [1.82, 2.24) is 9.97 Å². The lowest BCUT2D eigenvalue weighted by Gasteiger charge is -2.08. The molecule has 0 aliphatic rings. The molecule has 0 saturated heterocycles. The summed E-state index contributed by atoms with van der Waals surface area (Å²) >= 11 is 0. The Balaban J connectivity index is 2.31. The molecule has 0 unspecified atom stereocenters. The summed E-state index contributed by atoms with van der Waals surface area (Å²) in [5, 5.41) is 8.80. The van der Waals surface area contributed by atoms with E-state index in [0.29, 0.717) is 5.82 Å². The lowest BCUT2D eigenvalue weighted by Crippen LogP contribution is -1.97. The van der Waals surface area contributed by atoms with E-state index in [4.69, 9.17) is 9.84 Å². The third-order valence-electron chi connectivity index (χ3n) is 2.22. The maximum Gasteiger partial charge on any atom is 0.198 e. The molecule has 4 nitrogen and oxygen atoms in total. The first kappa shape index (κ1) is 12.4. The molecular weight excluding hydrogens is 242 g/mol. The molecular formula is C12H10F2N2O2. The van der Waals surface area contributed by atoms with Crippen molar-refractivity contribution in [3.63, 3.8) is 0 Å². The van der Waals surface area contributed by atoms with Gasteiger partial charge in [-0.2, -0.15) is 0 Å². The molecule has 2 rings (SSSR count). The van der Waals surface area contributed by atoms with Gasteiger partial charge >= 0.3 is 0 Å². The fourth-order valence-electron chi connectivity index (χ4n) is 1.35. The Labute approximate surface area is 102 Å². The Morgan fingerprint density at radius 2 is 1.72 bits per heavy atom. The number of aromatic nitrogens is 2. The van der Waals surface area contributed by atoms with Crippen molar-refractivity contribution in [1.29, 1.82) is 0 Å². The van der Waals surface area contributed by atoms with Crippen molar-refractivity contribution >= 4 is 0 Å². The van der Waals surface area contributed by atoms with Crippen LogP contribution >= 0.6 is 0 Å². The maximum atomic E-state index is 13.5. The Bertz CT molecular complexity index is 535. The first-order chi connectivity index (χ1) is 8.60. The molecule has 18 heavy (non-hydrogen) atoms. The highest BCUT2D eigenvalue weighted by molar-refractivity contribution is 5.34. The first-order valence-electron chi connectivity index (χ1n) is 5.15. The number of rotatable bonds is 3. The molecule has 0 bridgehead atoms. The summed E-state index contributed by atoms with van der Waals surface area (Å²) in [5.41, 5.74) is 0.137.